The maximum atomic E-state index is 10.6. The topological polar surface area (TPSA) is 48.8 Å². The molecule has 0 aliphatic carbocycles. The number of aliphatic imine (C=N–C) groups is 1. The van der Waals surface area contributed by atoms with Crippen LogP contribution in [0.15, 0.2) is 59.2 Å². The average molecular weight is 481 g/mol. The van der Waals surface area contributed by atoms with Crippen molar-refractivity contribution in [3.63, 3.8) is 0 Å². The number of allylic oxidation sites excluding steroid dienone is 2. The Labute approximate surface area is 204 Å². The number of aldehydes is 1. The van der Waals surface area contributed by atoms with Gasteiger partial charge in [-0.2, -0.15) is 4.37 Å². The maximum Gasteiger partial charge on any atom is 0.144 e. The fraction of sp³-hybridized carbons (Fsp3) is 0.346. The van der Waals surface area contributed by atoms with Gasteiger partial charge in [0.05, 0.1) is 21.1 Å². The van der Waals surface area contributed by atoms with Crippen LogP contribution in [0.3, 0.4) is 0 Å². The first-order valence-electron chi connectivity index (χ1n) is 11.2. The summed E-state index contributed by atoms with van der Waals surface area (Å²) in [7, 11) is 1.95. The van der Waals surface area contributed by atoms with Gasteiger partial charge in [0.25, 0.3) is 0 Å². The number of halogens is 1. The predicted octanol–water partition coefficient (Wildman–Crippen LogP) is 6.37. The van der Waals surface area contributed by atoms with Crippen LogP contribution < -0.4 is 9.80 Å². The summed E-state index contributed by atoms with van der Waals surface area (Å²) in [4.78, 5) is 19.5. The Morgan fingerprint density at radius 3 is 2.73 bits per heavy atom. The van der Waals surface area contributed by atoms with Gasteiger partial charge in [-0.05, 0) is 80.9 Å². The third kappa shape index (κ3) is 5.45. The summed E-state index contributed by atoms with van der Waals surface area (Å²) >= 11 is 8.31. The van der Waals surface area contributed by atoms with Gasteiger partial charge < -0.3 is 9.80 Å². The third-order valence-electron chi connectivity index (χ3n) is 6.34. The van der Waals surface area contributed by atoms with Crippen molar-refractivity contribution < 1.29 is 4.79 Å². The molecule has 7 heteroatoms. The molecule has 5 nitrogen and oxygen atoms in total. The monoisotopic (exact) mass is 480 g/mol. The summed E-state index contributed by atoms with van der Waals surface area (Å²) in [6.07, 6.45) is 5.52. The van der Waals surface area contributed by atoms with Crippen molar-refractivity contribution in [1.82, 2.24) is 4.37 Å². The van der Waals surface area contributed by atoms with Gasteiger partial charge in [0.15, 0.2) is 0 Å². The molecule has 3 aromatic rings. The molecule has 0 saturated carbocycles. The zero-order valence-electron chi connectivity index (χ0n) is 19.3. The molecule has 172 valence electrons. The Bertz CT molecular complexity index is 1190. The highest BCUT2D eigenvalue weighted by Crippen LogP contribution is 2.34. The normalized spacial score (nSPS) is 15.8. The number of carbonyl (C=O) groups excluding carboxylic acids is 1. The summed E-state index contributed by atoms with van der Waals surface area (Å²) in [6, 6.07) is 14.7. The fourth-order valence-corrected chi connectivity index (χ4v) is 5.45. The Kier molecular flexibility index (Phi) is 7.46. The van der Waals surface area contributed by atoms with E-state index in [1.807, 2.05) is 31.9 Å². The van der Waals surface area contributed by atoms with E-state index < -0.39 is 0 Å². The average Bonchev–Trinajstić information content (AvgIpc) is 3.22. The van der Waals surface area contributed by atoms with Gasteiger partial charge in [0.1, 0.15) is 12.1 Å². The molecule has 1 fully saturated rings. The van der Waals surface area contributed by atoms with E-state index in [1.165, 1.54) is 21.9 Å². The molecule has 0 radical (unpaired) electrons. The lowest BCUT2D eigenvalue weighted by molar-refractivity contribution is -0.104. The van der Waals surface area contributed by atoms with E-state index in [-0.39, 0.29) is 0 Å². The fourth-order valence-electron chi connectivity index (χ4n) is 4.35. The summed E-state index contributed by atoms with van der Waals surface area (Å²) in [6.45, 7) is 5.72. The van der Waals surface area contributed by atoms with Crippen LogP contribution in [-0.2, 0) is 11.2 Å². The first-order chi connectivity index (χ1) is 16.0. The number of amidine groups is 1. The van der Waals surface area contributed by atoms with Gasteiger partial charge in [-0.25, -0.2) is 4.99 Å². The second kappa shape index (κ2) is 10.5. The van der Waals surface area contributed by atoms with Crippen molar-refractivity contribution >= 4 is 56.7 Å². The van der Waals surface area contributed by atoms with Crippen molar-refractivity contribution in [3.05, 3.63) is 65.0 Å². The Hall–Kier alpha value is -2.70. The molecule has 0 amide bonds. The number of hydrogen-bond donors (Lipinski definition) is 0. The van der Waals surface area contributed by atoms with Gasteiger partial charge in [0, 0.05) is 36.9 Å². The maximum absolute atomic E-state index is 10.6. The molecule has 0 atom stereocenters. The third-order valence-corrected chi connectivity index (χ3v) is 7.51. The number of aromatic nitrogens is 1. The Morgan fingerprint density at radius 1 is 1.24 bits per heavy atom. The summed E-state index contributed by atoms with van der Waals surface area (Å²) in [5.41, 5.74) is 3.97. The van der Waals surface area contributed by atoms with Gasteiger partial charge in [0.2, 0.25) is 0 Å². The van der Waals surface area contributed by atoms with Crippen LogP contribution in [0.25, 0.3) is 10.1 Å². The summed E-state index contributed by atoms with van der Waals surface area (Å²) < 4.78 is 6.00. The van der Waals surface area contributed by atoms with E-state index >= 15 is 0 Å². The Morgan fingerprint density at radius 2 is 2.00 bits per heavy atom. The van der Waals surface area contributed by atoms with Crippen LogP contribution in [0.4, 0.5) is 11.4 Å². The van der Waals surface area contributed by atoms with Crippen molar-refractivity contribution in [1.29, 1.82) is 0 Å². The van der Waals surface area contributed by atoms with Gasteiger partial charge >= 0.3 is 0 Å². The molecule has 33 heavy (non-hydrogen) atoms. The van der Waals surface area contributed by atoms with Gasteiger partial charge in [-0.15, -0.1) is 0 Å². The second-order valence-corrected chi connectivity index (χ2v) is 9.77. The summed E-state index contributed by atoms with van der Waals surface area (Å²) in [5.74, 6) is 1.45. The largest absolute Gasteiger partial charge is 0.370 e. The molecule has 4 rings (SSSR count). The number of fused-ring (bicyclic) bond motifs is 1. The van der Waals surface area contributed by atoms with E-state index in [4.69, 9.17) is 16.0 Å². The minimum atomic E-state index is 0.650. The lowest BCUT2D eigenvalue weighted by atomic mass is 9.91. The number of rotatable bonds is 6. The van der Waals surface area contributed by atoms with Gasteiger partial charge in [-0.1, -0.05) is 29.8 Å². The zero-order chi connectivity index (χ0) is 23.4. The van der Waals surface area contributed by atoms with Crippen LogP contribution >= 0.6 is 23.1 Å². The highest BCUT2D eigenvalue weighted by Gasteiger charge is 2.23. The van der Waals surface area contributed by atoms with Crippen LogP contribution in [-0.4, -0.2) is 36.6 Å². The van der Waals surface area contributed by atoms with E-state index in [0.29, 0.717) is 11.6 Å². The molecular weight excluding hydrogens is 452 g/mol. The minimum Gasteiger partial charge on any atom is -0.370 e. The van der Waals surface area contributed by atoms with E-state index in [0.717, 1.165) is 60.9 Å². The van der Waals surface area contributed by atoms with Crippen LogP contribution in [0, 0.1) is 5.92 Å². The van der Waals surface area contributed by atoms with Crippen LogP contribution in [0.5, 0.6) is 0 Å². The molecule has 2 heterocycles. The number of benzene rings is 2. The van der Waals surface area contributed by atoms with Crippen molar-refractivity contribution in [2.75, 3.05) is 29.9 Å². The minimum absolute atomic E-state index is 0.650. The number of nitrogens with zero attached hydrogens (tertiary/aromatic N) is 4. The predicted molar refractivity (Wildman–Crippen MR) is 141 cm³/mol. The molecule has 0 N–H and O–H groups in total. The van der Waals surface area contributed by atoms with E-state index in [1.54, 1.807) is 11.5 Å². The first-order valence-corrected chi connectivity index (χ1v) is 12.4. The number of anilines is 2. The molecule has 1 aliphatic rings. The molecule has 0 unspecified atom stereocenters. The lowest BCUT2D eigenvalue weighted by Gasteiger charge is -2.34. The van der Waals surface area contributed by atoms with Gasteiger partial charge in [-0.3, -0.25) is 4.79 Å². The standard InChI is InChI=1S/C26H29ClN4OS/c1-18(12-15-32)28-19(2)30(3)21-8-9-25(23(27)17-21)31-13-10-20(11-14-31)16-24-22-6-4-5-7-26(22)33-29-24/h4-9,12,15,17,20H,10-11,13-14,16H2,1-3H3/b18-12-,28-19?. The second-order valence-electron chi connectivity index (χ2n) is 8.56. The SMILES string of the molecule is CC(=N/C(C)=C\C=O)N(C)c1ccc(N2CCC(Cc3nsc4ccccc34)CC2)c(Cl)c1. The molecular formula is C26H29ClN4OS. The molecule has 0 spiro atoms. The first kappa shape index (κ1) is 23.5. The van der Waals surface area contributed by atoms with Crippen LogP contribution in [0.2, 0.25) is 5.02 Å². The van der Waals surface area contributed by atoms with E-state index in [2.05, 4.69) is 46.3 Å². The number of hydrogen-bond acceptors (Lipinski definition) is 5. The number of piperidine rings is 1. The van der Waals surface area contributed by atoms with Crippen LogP contribution in [0.1, 0.15) is 32.4 Å². The lowest BCUT2D eigenvalue weighted by Crippen LogP contribution is -2.34. The van der Waals surface area contributed by atoms with E-state index in [9.17, 15) is 4.79 Å². The molecule has 2 aromatic carbocycles. The van der Waals surface area contributed by atoms with Crippen molar-refractivity contribution in [2.24, 2.45) is 10.9 Å². The summed E-state index contributed by atoms with van der Waals surface area (Å²) in [5, 5.41) is 2.06. The highest BCUT2D eigenvalue weighted by molar-refractivity contribution is 7.13. The smallest absolute Gasteiger partial charge is 0.144 e. The molecule has 1 aliphatic heterocycles. The van der Waals surface area contributed by atoms with Crippen molar-refractivity contribution in [3.8, 4) is 0 Å². The molecule has 1 saturated heterocycles. The zero-order valence-corrected chi connectivity index (χ0v) is 20.9. The molecule has 0 bridgehead atoms. The number of carbonyl (C=O) groups is 1. The quantitative estimate of drug-likeness (QED) is 0.178. The van der Waals surface area contributed by atoms with Crippen molar-refractivity contribution in [2.45, 2.75) is 33.1 Å². The highest BCUT2D eigenvalue weighted by atomic mass is 35.5. The molecule has 1 aromatic heterocycles. The Balaban J connectivity index is 1.39.